The summed E-state index contributed by atoms with van der Waals surface area (Å²) in [7, 11) is 0. The number of benzene rings is 1. The molecule has 0 aliphatic carbocycles. The van der Waals surface area contributed by atoms with E-state index >= 15 is 0 Å². The van der Waals surface area contributed by atoms with E-state index in [1.165, 1.54) is 0 Å². The van der Waals surface area contributed by atoms with Crippen molar-refractivity contribution in [1.82, 2.24) is 0 Å². The van der Waals surface area contributed by atoms with Crippen molar-refractivity contribution in [2.24, 2.45) is 11.7 Å². The van der Waals surface area contributed by atoms with Crippen molar-refractivity contribution in [3.8, 4) is 11.5 Å². The van der Waals surface area contributed by atoms with Gasteiger partial charge in [0.05, 0.1) is 13.2 Å². The Morgan fingerprint density at radius 2 is 2.25 bits per heavy atom. The number of fused-ring (bicyclic) bond motifs is 1. The minimum absolute atomic E-state index is 0.0334. The van der Waals surface area contributed by atoms with Gasteiger partial charge >= 0.3 is 0 Å². The number of ether oxygens (including phenoxy) is 3. The van der Waals surface area contributed by atoms with E-state index in [9.17, 15) is 0 Å². The summed E-state index contributed by atoms with van der Waals surface area (Å²) in [6.07, 6.45) is 1.92. The largest absolute Gasteiger partial charge is 0.493 e. The Morgan fingerprint density at radius 1 is 1.40 bits per heavy atom. The minimum Gasteiger partial charge on any atom is -0.493 e. The van der Waals surface area contributed by atoms with E-state index in [0.29, 0.717) is 12.5 Å². The molecule has 0 spiro atoms. The first-order valence-electron chi connectivity index (χ1n) is 7.32. The second-order valence-corrected chi connectivity index (χ2v) is 6.41. The molecular weight excluding hydrogens is 254 g/mol. The van der Waals surface area contributed by atoms with Crippen LogP contribution in [0.25, 0.3) is 0 Å². The van der Waals surface area contributed by atoms with E-state index in [4.69, 9.17) is 19.9 Å². The zero-order valence-electron chi connectivity index (χ0n) is 12.2. The van der Waals surface area contributed by atoms with E-state index < -0.39 is 0 Å². The van der Waals surface area contributed by atoms with Crippen molar-refractivity contribution in [2.45, 2.75) is 38.3 Å². The summed E-state index contributed by atoms with van der Waals surface area (Å²) < 4.78 is 17.2. The van der Waals surface area contributed by atoms with Crippen LogP contribution in [0.1, 0.15) is 38.3 Å². The van der Waals surface area contributed by atoms with Crippen molar-refractivity contribution in [3.63, 3.8) is 0 Å². The summed E-state index contributed by atoms with van der Waals surface area (Å²) in [5.74, 6) is 2.21. The highest BCUT2D eigenvalue weighted by atomic mass is 16.5. The normalized spacial score (nSPS) is 27.8. The second-order valence-electron chi connectivity index (χ2n) is 6.41. The van der Waals surface area contributed by atoms with Crippen LogP contribution in [0.4, 0.5) is 0 Å². The summed E-state index contributed by atoms with van der Waals surface area (Å²) in [6, 6.07) is 6.00. The molecule has 2 atom stereocenters. The molecule has 2 unspecified atom stereocenters. The van der Waals surface area contributed by atoms with Crippen LogP contribution in [-0.2, 0) is 4.74 Å². The highest BCUT2D eigenvalue weighted by Gasteiger charge is 2.32. The molecule has 4 heteroatoms. The van der Waals surface area contributed by atoms with Crippen LogP contribution in [0.15, 0.2) is 18.2 Å². The van der Waals surface area contributed by atoms with Gasteiger partial charge in [0.25, 0.3) is 0 Å². The fourth-order valence-corrected chi connectivity index (χ4v) is 2.91. The van der Waals surface area contributed by atoms with Crippen molar-refractivity contribution in [1.29, 1.82) is 0 Å². The summed E-state index contributed by atoms with van der Waals surface area (Å²) in [5, 5.41) is 0. The van der Waals surface area contributed by atoms with E-state index in [-0.39, 0.29) is 11.6 Å². The van der Waals surface area contributed by atoms with Gasteiger partial charge in [-0.1, -0.05) is 6.07 Å². The molecule has 0 aromatic heterocycles. The molecule has 1 fully saturated rings. The molecule has 20 heavy (non-hydrogen) atoms. The lowest BCUT2D eigenvalue weighted by atomic mass is 9.90. The van der Waals surface area contributed by atoms with Gasteiger partial charge in [0.15, 0.2) is 0 Å². The zero-order chi connectivity index (χ0) is 14.2. The molecule has 0 bridgehead atoms. The lowest BCUT2D eigenvalue weighted by molar-refractivity contribution is 0.0723. The molecule has 1 aromatic rings. The Hall–Kier alpha value is -1.26. The van der Waals surface area contributed by atoms with Gasteiger partial charge in [-0.25, -0.2) is 0 Å². The Morgan fingerprint density at radius 3 is 3.00 bits per heavy atom. The predicted octanol–water partition coefficient (Wildman–Crippen LogP) is 2.66. The van der Waals surface area contributed by atoms with Crippen molar-refractivity contribution in [2.75, 3.05) is 19.8 Å². The lowest BCUT2D eigenvalue weighted by Gasteiger charge is -2.36. The van der Waals surface area contributed by atoms with Gasteiger partial charge in [-0.3, -0.25) is 0 Å². The first-order chi connectivity index (χ1) is 9.53. The second kappa shape index (κ2) is 5.26. The molecule has 2 aliphatic heterocycles. The molecule has 2 N–H and O–H groups in total. The van der Waals surface area contributed by atoms with Gasteiger partial charge < -0.3 is 19.9 Å². The van der Waals surface area contributed by atoms with E-state index in [0.717, 1.165) is 43.1 Å². The van der Waals surface area contributed by atoms with Gasteiger partial charge in [-0.15, -0.1) is 0 Å². The van der Waals surface area contributed by atoms with Gasteiger partial charge in [-0.05, 0) is 26.3 Å². The summed E-state index contributed by atoms with van der Waals surface area (Å²) in [5.41, 5.74) is 7.06. The fraction of sp³-hybridized carbons (Fsp3) is 0.625. The highest BCUT2D eigenvalue weighted by molar-refractivity contribution is 5.44. The lowest BCUT2D eigenvalue weighted by Crippen LogP contribution is -2.37. The Kier molecular flexibility index (Phi) is 3.61. The van der Waals surface area contributed by atoms with Gasteiger partial charge in [0.2, 0.25) is 0 Å². The SMILES string of the molecule is CC1(C)CC(N)c2ccc(OCC3CCOC3)cc2O1. The molecule has 3 rings (SSSR count). The quantitative estimate of drug-likeness (QED) is 0.923. The molecule has 0 amide bonds. The van der Waals surface area contributed by atoms with Crippen LogP contribution in [0, 0.1) is 5.92 Å². The van der Waals surface area contributed by atoms with Crippen LogP contribution >= 0.6 is 0 Å². The third kappa shape index (κ3) is 2.91. The summed E-state index contributed by atoms with van der Waals surface area (Å²) >= 11 is 0. The van der Waals surface area contributed by atoms with Crippen LogP contribution in [-0.4, -0.2) is 25.4 Å². The third-order valence-electron chi connectivity index (χ3n) is 3.99. The van der Waals surface area contributed by atoms with Crippen LogP contribution in [0.5, 0.6) is 11.5 Å². The zero-order valence-corrected chi connectivity index (χ0v) is 12.2. The Bertz CT molecular complexity index is 481. The van der Waals surface area contributed by atoms with Gasteiger partial charge in [0.1, 0.15) is 17.1 Å². The van der Waals surface area contributed by atoms with Crippen molar-refractivity contribution in [3.05, 3.63) is 23.8 Å². The van der Waals surface area contributed by atoms with E-state index in [2.05, 4.69) is 13.8 Å². The van der Waals surface area contributed by atoms with Gasteiger partial charge in [0, 0.05) is 36.6 Å². The van der Waals surface area contributed by atoms with E-state index in [1.807, 2.05) is 18.2 Å². The minimum atomic E-state index is -0.218. The monoisotopic (exact) mass is 277 g/mol. The molecule has 2 heterocycles. The maximum atomic E-state index is 6.21. The summed E-state index contributed by atoms with van der Waals surface area (Å²) in [6.45, 7) is 6.50. The smallest absolute Gasteiger partial charge is 0.128 e. The molecule has 1 saturated heterocycles. The Labute approximate surface area is 120 Å². The third-order valence-corrected chi connectivity index (χ3v) is 3.99. The molecule has 110 valence electrons. The number of hydrogen-bond acceptors (Lipinski definition) is 4. The molecule has 4 nitrogen and oxygen atoms in total. The van der Waals surface area contributed by atoms with Crippen molar-refractivity contribution >= 4 is 0 Å². The average molecular weight is 277 g/mol. The van der Waals surface area contributed by atoms with Crippen LogP contribution in [0.3, 0.4) is 0 Å². The molecule has 0 saturated carbocycles. The molecule has 0 radical (unpaired) electrons. The number of hydrogen-bond donors (Lipinski definition) is 1. The number of nitrogens with two attached hydrogens (primary N) is 1. The fourth-order valence-electron chi connectivity index (χ4n) is 2.91. The van der Waals surface area contributed by atoms with E-state index in [1.54, 1.807) is 0 Å². The van der Waals surface area contributed by atoms with Gasteiger partial charge in [-0.2, -0.15) is 0 Å². The topological polar surface area (TPSA) is 53.7 Å². The molecule has 1 aromatic carbocycles. The molecule has 2 aliphatic rings. The maximum absolute atomic E-state index is 6.21. The molecular formula is C16H23NO3. The summed E-state index contributed by atoms with van der Waals surface area (Å²) in [4.78, 5) is 0. The first-order valence-corrected chi connectivity index (χ1v) is 7.32. The Balaban J connectivity index is 1.71. The standard InChI is InChI=1S/C16H23NO3/c1-16(2)8-14(17)13-4-3-12(7-15(13)20-16)19-10-11-5-6-18-9-11/h3-4,7,11,14H,5-6,8-10,17H2,1-2H3. The first kappa shape index (κ1) is 13.7. The average Bonchev–Trinajstić information content (AvgIpc) is 2.87. The maximum Gasteiger partial charge on any atom is 0.128 e. The van der Waals surface area contributed by atoms with Crippen LogP contribution in [0.2, 0.25) is 0 Å². The highest BCUT2D eigenvalue weighted by Crippen LogP contribution is 2.40. The van der Waals surface area contributed by atoms with Crippen LogP contribution < -0.4 is 15.2 Å². The predicted molar refractivity (Wildman–Crippen MR) is 77.1 cm³/mol. The van der Waals surface area contributed by atoms with Crippen molar-refractivity contribution < 1.29 is 14.2 Å². The number of rotatable bonds is 3.